The zero-order valence-electron chi connectivity index (χ0n) is 14.4. The minimum Gasteiger partial charge on any atom is -0.343 e. The second-order valence-corrected chi connectivity index (χ2v) is 5.91. The second-order valence-electron chi connectivity index (χ2n) is 5.91. The molecule has 0 saturated carbocycles. The number of carbonyl (C=O) groups is 1. The minimum absolute atomic E-state index is 0.281. The SMILES string of the molecule is CCCCCCC(CCCCCC)C(=O)N(CC)CC. The molecule has 0 aliphatic heterocycles. The van der Waals surface area contributed by atoms with Gasteiger partial charge in [0.05, 0.1) is 0 Å². The molecule has 0 atom stereocenters. The van der Waals surface area contributed by atoms with Crippen LogP contribution in [0.2, 0.25) is 0 Å². The molecule has 120 valence electrons. The van der Waals surface area contributed by atoms with Gasteiger partial charge in [-0.2, -0.15) is 0 Å². The largest absolute Gasteiger partial charge is 0.343 e. The van der Waals surface area contributed by atoms with Crippen molar-refractivity contribution >= 4 is 5.91 Å². The van der Waals surface area contributed by atoms with Gasteiger partial charge in [-0.1, -0.05) is 65.2 Å². The Hall–Kier alpha value is -0.530. The van der Waals surface area contributed by atoms with Crippen molar-refractivity contribution in [2.75, 3.05) is 13.1 Å². The third-order valence-electron chi connectivity index (χ3n) is 4.24. The van der Waals surface area contributed by atoms with Crippen molar-refractivity contribution in [2.24, 2.45) is 5.92 Å². The van der Waals surface area contributed by atoms with Gasteiger partial charge >= 0.3 is 0 Å². The normalized spacial score (nSPS) is 11.1. The third-order valence-corrected chi connectivity index (χ3v) is 4.24. The molecule has 2 nitrogen and oxygen atoms in total. The first kappa shape index (κ1) is 19.5. The molecule has 0 N–H and O–H groups in total. The summed E-state index contributed by atoms with van der Waals surface area (Å²) in [5, 5.41) is 0. The van der Waals surface area contributed by atoms with E-state index in [1.165, 1.54) is 51.4 Å². The molecule has 1 amide bonds. The molecule has 0 aliphatic rings. The summed E-state index contributed by atoms with van der Waals surface area (Å²) in [6, 6.07) is 0. The summed E-state index contributed by atoms with van der Waals surface area (Å²) in [5.74, 6) is 0.687. The fraction of sp³-hybridized carbons (Fsp3) is 0.944. The van der Waals surface area contributed by atoms with E-state index >= 15 is 0 Å². The van der Waals surface area contributed by atoms with Gasteiger partial charge in [0.25, 0.3) is 0 Å². The van der Waals surface area contributed by atoms with Crippen LogP contribution in [0, 0.1) is 5.92 Å². The van der Waals surface area contributed by atoms with E-state index < -0.39 is 0 Å². The predicted molar refractivity (Wildman–Crippen MR) is 88.9 cm³/mol. The van der Waals surface area contributed by atoms with Gasteiger partial charge in [-0.15, -0.1) is 0 Å². The molecular weight excluding hydrogens is 246 g/mol. The van der Waals surface area contributed by atoms with Crippen molar-refractivity contribution in [1.82, 2.24) is 4.90 Å². The van der Waals surface area contributed by atoms with Gasteiger partial charge in [0, 0.05) is 19.0 Å². The molecule has 2 heteroatoms. The Bertz CT molecular complexity index is 211. The van der Waals surface area contributed by atoms with Crippen molar-refractivity contribution in [3.8, 4) is 0 Å². The Morgan fingerprint density at radius 1 is 0.750 bits per heavy atom. The maximum atomic E-state index is 12.6. The van der Waals surface area contributed by atoms with Crippen LogP contribution in [-0.4, -0.2) is 23.9 Å². The van der Waals surface area contributed by atoms with Gasteiger partial charge in [0.1, 0.15) is 0 Å². The molecule has 0 saturated heterocycles. The first-order chi connectivity index (χ1) is 9.71. The molecule has 0 heterocycles. The highest BCUT2D eigenvalue weighted by atomic mass is 16.2. The molecule has 0 aromatic rings. The molecule has 0 fully saturated rings. The standard InChI is InChI=1S/C18H37NO/c1-5-9-11-13-15-17(16-14-12-10-6-2)18(20)19(7-3)8-4/h17H,5-16H2,1-4H3. The zero-order valence-corrected chi connectivity index (χ0v) is 14.4. The van der Waals surface area contributed by atoms with E-state index in [0.717, 1.165) is 25.9 Å². The summed E-state index contributed by atoms with van der Waals surface area (Å²) in [4.78, 5) is 14.6. The quantitative estimate of drug-likeness (QED) is 0.414. The minimum atomic E-state index is 0.281. The van der Waals surface area contributed by atoms with Gasteiger partial charge in [0.2, 0.25) is 5.91 Å². The molecule has 0 spiro atoms. The molecular formula is C18H37NO. The third kappa shape index (κ3) is 8.60. The fourth-order valence-corrected chi connectivity index (χ4v) is 2.82. The lowest BCUT2D eigenvalue weighted by Crippen LogP contribution is -2.36. The molecule has 0 radical (unpaired) electrons. The van der Waals surface area contributed by atoms with Gasteiger partial charge in [0.15, 0.2) is 0 Å². The van der Waals surface area contributed by atoms with Crippen LogP contribution in [0.5, 0.6) is 0 Å². The van der Waals surface area contributed by atoms with Crippen LogP contribution in [0.15, 0.2) is 0 Å². The number of hydrogen-bond donors (Lipinski definition) is 0. The summed E-state index contributed by atoms with van der Waals surface area (Å²) in [6.07, 6.45) is 12.4. The van der Waals surface area contributed by atoms with Crippen LogP contribution in [0.3, 0.4) is 0 Å². The van der Waals surface area contributed by atoms with E-state index in [4.69, 9.17) is 0 Å². The lowest BCUT2D eigenvalue weighted by Gasteiger charge is -2.25. The van der Waals surface area contributed by atoms with Gasteiger partial charge in [-0.05, 0) is 26.7 Å². The van der Waals surface area contributed by atoms with Crippen molar-refractivity contribution < 1.29 is 4.79 Å². The first-order valence-electron chi connectivity index (χ1n) is 8.99. The highest BCUT2D eigenvalue weighted by molar-refractivity contribution is 5.78. The Labute approximate surface area is 127 Å². The van der Waals surface area contributed by atoms with E-state index in [1.807, 2.05) is 4.90 Å². The summed E-state index contributed by atoms with van der Waals surface area (Å²) >= 11 is 0. The Morgan fingerprint density at radius 2 is 1.20 bits per heavy atom. The summed E-state index contributed by atoms with van der Waals surface area (Å²) in [7, 11) is 0. The van der Waals surface area contributed by atoms with Gasteiger partial charge < -0.3 is 4.90 Å². The van der Waals surface area contributed by atoms with Crippen molar-refractivity contribution in [3.05, 3.63) is 0 Å². The number of amides is 1. The van der Waals surface area contributed by atoms with Crippen molar-refractivity contribution in [3.63, 3.8) is 0 Å². The van der Waals surface area contributed by atoms with Crippen LogP contribution in [0.4, 0.5) is 0 Å². The number of unbranched alkanes of at least 4 members (excludes halogenated alkanes) is 6. The number of hydrogen-bond acceptors (Lipinski definition) is 1. The monoisotopic (exact) mass is 283 g/mol. The van der Waals surface area contributed by atoms with E-state index in [1.54, 1.807) is 0 Å². The predicted octanol–water partition coefficient (Wildman–Crippen LogP) is 5.41. The number of carbonyl (C=O) groups excluding carboxylic acids is 1. The molecule has 0 aromatic heterocycles. The summed E-state index contributed by atoms with van der Waals surface area (Å²) in [5.41, 5.74) is 0. The van der Waals surface area contributed by atoms with Crippen LogP contribution in [0.1, 0.15) is 91.9 Å². The lowest BCUT2D eigenvalue weighted by atomic mass is 9.93. The van der Waals surface area contributed by atoms with E-state index in [0.29, 0.717) is 5.91 Å². The molecule has 0 unspecified atom stereocenters. The average Bonchev–Trinajstić information content (AvgIpc) is 2.46. The van der Waals surface area contributed by atoms with E-state index in [2.05, 4.69) is 27.7 Å². The van der Waals surface area contributed by atoms with Crippen LogP contribution < -0.4 is 0 Å². The highest BCUT2D eigenvalue weighted by Gasteiger charge is 2.21. The van der Waals surface area contributed by atoms with Crippen molar-refractivity contribution in [2.45, 2.75) is 91.9 Å². The van der Waals surface area contributed by atoms with Crippen LogP contribution in [0.25, 0.3) is 0 Å². The van der Waals surface area contributed by atoms with Crippen molar-refractivity contribution in [1.29, 1.82) is 0 Å². The molecule has 0 aromatic carbocycles. The second kappa shape index (κ2) is 13.5. The van der Waals surface area contributed by atoms with E-state index in [9.17, 15) is 4.79 Å². The topological polar surface area (TPSA) is 20.3 Å². The van der Waals surface area contributed by atoms with Gasteiger partial charge in [-0.25, -0.2) is 0 Å². The maximum Gasteiger partial charge on any atom is 0.225 e. The smallest absolute Gasteiger partial charge is 0.225 e. The molecule has 0 aliphatic carbocycles. The summed E-state index contributed by atoms with van der Waals surface area (Å²) < 4.78 is 0. The zero-order chi connectivity index (χ0) is 15.2. The number of nitrogens with zero attached hydrogens (tertiary/aromatic N) is 1. The maximum absolute atomic E-state index is 12.6. The van der Waals surface area contributed by atoms with Crippen LogP contribution >= 0.6 is 0 Å². The van der Waals surface area contributed by atoms with Crippen LogP contribution in [-0.2, 0) is 4.79 Å². The summed E-state index contributed by atoms with van der Waals surface area (Å²) in [6.45, 7) is 10.4. The first-order valence-corrected chi connectivity index (χ1v) is 8.99. The highest BCUT2D eigenvalue weighted by Crippen LogP contribution is 2.20. The molecule has 0 rings (SSSR count). The Kier molecular flexibility index (Phi) is 13.1. The number of rotatable bonds is 13. The molecule has 0 bridgehead atoms. The Balaban J connectivity index is 4.24. The van der Waals surface area contributed by atoms with Gasteiger partial charge in [-0.3, -0.25) is 4.79 Å². The Morgan fingerprint density at radius 3 is 1.55 bits per heavy atom. The molecule has 20 heavy (non-hydrogen) atoms. The average molecular weight is 284 g/mol. The fourth-order valence-electron chi connectivity index (χ4n) is 2.82. The lowest BCUT2D eigenvalue weighted by molar-refractivity contribution is -0.135. The van der Waals surface area contributed by atoms with E-state index in [-0.39, 0.29) is 5.92 Å².